The van der Waals surface area contributed by atoms with Gasteiger partial charge in [-0.2, -0.15) is 5.10 Å². The number of halogens is 1. The molecule has 0 amide bonds. The number of hydrogen-bond acceptors (Lipinski definition) is 3. The molecule has 2 heterocycles. The molecule has 4 bridgehead atoms. The van der Waals surface area contributed by atoms with Gasteiger partial charge in [0.05, 0.1) is 0 Å². The number of allylic oxidation sites excluding steroid dienone is 2. The van der Waals surface area contributed by atoms with Gasteiger partial charge in [-0.25, -0.2) is 9.37 Å². The number of anilines is 1. The average Bonchev–Trinajstić information content (AvgIpc) is 2.70. The van der Waals surface area contributed by atoms with Crippen LogP contribution in [-0.2, 0) is 12.8 Å². The van der Waals surface area contributed by atoms with Gasteiger partial charge in [0.25, 0.3) is 0 Å². The molecule has 1 aromatic heterocycles. The summed E-state index contributed by atoms with van der Waals surface area (Å²) in [6.07, 6.45) is 9.97. The van der Waals surface area contributed by atoms with Crippen molar-refractivity contribution in [3.05, 3.63) is 52.3 Å². The molecule has 0 aromatic carbocycles. The third-order valence-corrected chi connectivity index (χ3v) is 5.20. The summed E-state index contributed by atoms with van der Waals surface area (Å²) >= 11 is 0. The first-order valence-electron chi connectivity index (χ1n) is 9.24. The second-order valence-electron chi connectivity index (χ2n) is 6.78. The Bertz CT molecular complexity index is 744. The van der Waals surface area contributed by atoms with Crippen molar-refractivity contribution in [3.8, 4) is 0 Å². The molecule has 134 valence electrons. The SMILES string of the molecule is CCc1cc2cncn[nH]c1NCC1=C(F)CCC(=C1C)CCCC2. The number of fused-ring (bicyclic) bond motifs is 4. The zero-order chi connectivity index (χ0) is 17.6. The molecule has 0 unspecified atom stereocenters. The molecule has 1 aromatic rings. The Morgan fingerprint density at radius 3 is 2.84 bits per heavy atom. The van der Waals surface area contributed by atoms with Gasteiger partial charge < -0.3 is 5.32 Å². The number of H-pyrrole nitrogens is 1. The van der Waals surface area contributed by atoms with E-state index in [4.69, 9.17) is 0 Å². The minimum absolute atomic E-state index is 0.0217. The topological polar surface area (TPSA) is 53.6 Å². The van der Waals surface area contributed by atoms with Crippen molar-refractivity contribution in [1.29, 1.82) is 0 Å². The van der Waals surface area contributed by atoms with E-state index >= 15 is 0 Å². The van der Waals surface area contributed by atoms with E-state index in [0.717, 1.165) is 61.1 Å². The largest absolute Gasteiger partial charge is 0.366 e. The van der Waals surface area contributed by atoms with Crippen LogP contribution in [0.4, 0.5) is 10.2 Å². The van der Waals surface area contributed by atoms with E-state index in [-0.39, 0.29) is 5.83 Å². The molecule has 0 saturated carbocycles. The fourth-order valence-corrected chi connectivity index (χ4v) is 3.63. The fraction of sp³-hybridized carbons (Fsp3) is 0.500. The van der Waals surface area contributed by atoms with Gasteiger partial charge in [-0.15, -0.1) is 0 Å². The highest BCUT2D eigenvalue weighted by molar-refractivity contribution is 5.48. The highest BCUT2D eigenvalue weighted by atomic mass is 19.1. The molecule has 2 aliphatic rings. The number of aromatic nitrogens is 3. The van der Waals surface area contributed by atoms with Gasteiger partial charge in [0.2, 0.25) is 0 Å². The Balaban J connectivity index is 2.06. The molecule has 2 N–H and O–H groups in total. The lowest BCUT2D eigenvalue weighted by atomic mass is 9.88. The zero-order valence-electron chi connectivity index (χ0n) is 15.2. The third kappa shape index (κ3) is 4.27. The van der Waals surface area contributed by atoms with Crippen molar-refractivity contribution in [1.82, 2.24) is 15.2 Å². The van der Waals surface area contributed by atoms with Crippen LogP contribution >= 0.6 is 0 Å². The summed E-state index contributed by atoms with van der Waals surface area (Å²) in [4.78, 5) is 4.25. The molecule has 0 saturated heterocycles. The molecule has 3 rings (SSSR count). The van der Waals surface area contributed by atoms with E-state index in [1.54, 1.807) is 0 Å². The van der Waals surface area contributed by atoms with Gasteiger partial charge >= 0.3 is 0 Å². The van der Waals surface area contributed by atoms with E-state index in [9.17, 15) is 4.39 Å². The van der Waals surface area contributed by atoms with Crippen molar-refractivity contribution < 1.29 is 4.39 Å². The van der Waals surface area contributed by atoms with Gasteiger partial charge in [-0.3, -0.25) is 5.10 Å². The summed E-state index contributed by atoms with van der Waals surface area (Å²) in [7, 11) is 0. The van der Waals surface area contributed by atoms with Gasteiger partial charge in [0, 0.05) is 24.7 Å². The van der Waals surface area contributed by atoms with Crippen molar-refractivity contribution >= 4 is 5.82 Å². The predicted molar refractivity (Wildman–Crippen MR) is 99.5 cm³/mol. The minimum Gasteiger partial charge on any atom is -0.366 e. The maximum Gasteiger partial charge on any atom is 0.135 e. The van der Waals surface area contributed by atoms with Crippen LogP contribution in [0.3, 0.4) is 0 Å². The van der Waals surface area contributed by atoms with Gasteiger partial charge in [0.1, 0.15) is 18.0 Å². The van der Waals surface area contributed by atoms with E-state index < -0.39 is 0 Å². The number of aromatic amines is 1. The monoisotopic (exact) mass is 342 g/mol. The van der Waals surface area contributed by atoms with Crippen LogP contribution in [0, 0.1) is 0 Å². The standard InChI is InChI=1S/C20H27FN4/c1-3-16-10-15-6-4-5-7-17-8-9-19(21)18(14(17)2)12-23-20(16)25-24-13-22-11-15/h10-11,13,23,25H,3-9,12H2,1-2H3. The minimum atomic E-state index is 0.0217. The Morgan fingerprint density at radius 2 is 2.00 bits per heavy atom. The number of rotatable bonds is 1. The molecule has 1 aliphatic carbocycles. The van der Waals surface area contributed by atoms with Gasteiger partial charge in [-0.1, -0.05) is 18.6 Å². The van der Waals surface area contributed by atoms with E-state index in [1.165, 1.54) is 17.5 Å². The second-order valence-corrected chi connectivity index (χ2v) is 6.78. The summed E-state index contributed by atoms with van der Waals surface area (Å²) in [5, 5.41) is 10.6. The molecular weight excluding hydrogens is 315 g/mol. The second kappa shape index (κ2) is 8.28. The first-order valence-corrected chi connectivity index (χ1v) is 9.24. The lowest BCUT2D eigenvalue weighted by Gasteiger charge is -2.22. The molecular formula is C20H27FN4. The summed E-state index contributed by atoms with van der Waals surface area (Å²) in [5.74, 6) is 0.856. The Morgan fingerprint density at radius 1 is 1.16 bits per heavy atom. The maximum absolute atomic E-state index is 14.5. The van der Waals surface area contributed by atoms with Crippen LogP contribution in [0.1, 0.15) is 57.1 Å². The van der Waals surface area contributed by atoms with Crippen molar-refractivity contribution in [3.63, 3.8) is 0 Å². The lowest BCUT2D eigenvalue weighted by molar-refractivity contribution is 0.557. The van der Waals surface area contributed by atoms with E-state index in [1.807, 2.05) is 6.20 Å². The normalized spacial score (nSPS) is 18.0. The van der Waals surface area contributed by atoms with Crippen LogP contribution in [0.15, 0.2) is 41.1 Å². The molecule has 25 heavy (non-hydrogen) atoms. The van der Waals surface area contributed by atoms with E-state index in [0.29, 0.717) is 13.0 Å². The first-order chi connectivity index (χ1) is 12.2. The molecule has 5 heteroatoms. The summed E-state index contributed by atoms with van der Waals surface area (Å²) in [5.41, 5.74) is 5.71. The molecule has 0 radical (unpaired) electrons. The highest BCUT2D eigenvalue weighted by Crippen LogP contribution is 2.34. The maximum atomic E-state index is 14.5. The average molecular weight is 342 g/mol. The molecule has 0 fully saturated rings. The Hall–Kier alpha value is -2.17. The Kier molecular flexibility index (Phi) is 5.84. The van der Waals surface area contributed by atoms with Crippen molar-refractivity contribution in [2.24, 2.45) is 0 Å². The molecule has 1 aliphatic heterocycles. The molecule has 0 spiro atoms. The molecule has 0 atom stereocenters. The predicted octanol–water partition coefficient (Wildman–Crippen LogP) is 4.96. The van der Waals surface area contributed by atoms with E-state index in [2.05, 4.69) is 40.4 Å². The third-order valence-electron chi connectivity index (χ3n) is 5.20. The van der Waals surface area contributed by atoms with Crippen LogP contribution in [-0.4, -0.2) is 21.7 Å². The number of nitrogens with zero attached hydrogens (tertiary/aromatic N) is 2. The summed E-state index contributed by atoms with van der Waals surface area (Å²) in [6, 6.07) is 2.19. The van der Waals surface area contributed by atoms with Crippen LogP contribution in [0.2, 0.25) is 0 Å². The van der Waals surface area contributed by atoms with Gasteiger partial charge in [0.15, 0.2) is 0 Å². The smallest absolute Gasteiger partial charge is 0.135 e. The molecule has 4 nitrogen and oxygen atoms in total. The van der Waals surface area contributed by atoms with Crippen LogP contribution in [0.25, 0.3) is 0 Å². The van der Waals surface area contributed by atoms with Crippen LogP contribution in [0.5, 0.6) is 0 Å². The zero-order valence-corrected chi connectivity index (χ0v) is 15.2. The first kappa shape index (κ1) is 17.6. The van der Waals surface area contributed by atoms with Gasteiger partial charge in [-0.05, 0) is 62.1 Å². The number of aryl methyl sites for hydroxylation is 2. The highest BCUT2D eigenvalue weighted by Gasteiger charge is 2.19. The van der Waals surface area contributed by atoms with Crippen LogP contribution < -0.4 is 5.32 Å². The summed E-state index contributed by atoms with van der Waals surface area (Å²) < 4.78 is 14.5. The lowest BCUT2D eigenvalue weighted by Crippen LogP contribution is -2.13. The van der Waals surface area contributed by atoms with Crippen molar-refractivity contribution in [2.45, 2.75) is 58.8 Å². The quantitative estimate of drug-likeness (QED) is 0.758. The Labute approximate surface area is 149 Å². The fourth-order valence-electron chi connectivity index (χ4n) is 3.63. The summed E-state index contributed by atoms with van der Waals surface area (Å²) in [6.45, 7) is 4.67. The van der Waals surface area contributed by atoms with Crippen molar-refractivity contribution in [2.75, 3.05) is 11.9 Å². The number of hydrogen-bond donors (Lipinski definition) is 2. The number of nitrogens with one attached hydrogen (secondary N) is 2.